The molecule has 4 aliphatic rings. The van der Waals surface area contributed by atoms with Crippen LogP contribution < -0.4 is 4.90 Å². The van der Waals surface area contributed by atoms with Gasteiger partial charge in [-0.15, -0.1) is 23.7 Å². The largest absolute Gasteiger partial charge is 0.439 e. The van der Waals surface area contributed by atoms with Crippen LogP contribution in [-0.2, 0) is 4.74 Å². The maximum atomic E-state index is 12.5. The molecule has 6 rings (SSSR count). The van der Waals surface area contributed by atoms with E-state index >= 15 is 0 Å². The maximum absolute atomic E-state index is 12.5. The Morgan fingerprint density at radius 3 is 2.65 bits per heavy atom. The van der Waals surface area contributed by atoms with Crippen LogP contribution in [0.25, 0.3) is 10.1 Å². The monoisotopic (exact) mass is 350 g/mol. The molecule has 2 bridgehead atoms. The predicted molar refractivity (Wildman–Crippen MR) is 94.8 cm³/mol. The van der Waals surface area contributed by atoms with Gasteiger partial charge in [0.2, 0.25) is 0 Å². The smallest absolute Gasteiger partial charge is 0.415 e. The lowest BCUT2D eigenvalue weighted by Crippen LogP contribution is -2.61. The standard InChI is InChI=1S/C17H18N2O2S.ClH/c20-16-19(15-9-12-3-1-2-4-14(12)22-15)11-17(21-16)10-18-7-5-13(17)6-8-18;/h1-4,9,13H,5-8,10-11H2;1H/t17-;/m1./s1. The number of halogens is 1. The number of piperidine rings is 3. The van der Waals surface area contributed by atoms with Gasteiger partial charge >= 0.3 is 6.09 Å². The predicted octanol–water partition coefficient (Wildman–Crippen LogP) is 3.74. The van der Waals surface area contributed by atoms with E-state index in [0.29, 0.717) is 12.5 Å². The fourth-order valence-corrected chi connectivity index (χ4v) is 5.33. The number of anilines is 1. The molecule has 0 aliphatic carbocycles. The van der Waals surface area contributed by atoms with Crippen molar-refractivity contribution in [2.45, 2.75) is 18.4 Å². The fourth-order valence-electron chi connectivity index (χ4n) is 4.28. The summed E-state index contributed by atoms with van der Waals surface area (Å²) >= 11 is 1.68. The molecule has 4 nitrogen and oxygen atoms in total. The molecule has 122 valence electrons. The van der Waals surface area contributed by atoms with Crippen molar-refractivity contribution in [3.05, 3.63) is 30.3 Å². The van der Waals surface area contributed by atoms with Crippen LogP contribution in [0.2, 0.25) is 0 Å². The summed E-state index contributed by atoms with van der Waals surface area (Å²) in [5, 5.41) is 2.21. The van der Waals surface area contributed by atoms with Crippen LogP contribution in [0.1, 0.15) is 12.8 Å². The van der Waals surface area contributed by atoms with Gasteiger partial charge in [-0.3, -0.25) is 9.80 Å². The Hall–Kier alpha value is -1.30. The van der Waals surface area contributed by atoms with E-state index in [1.807, 2.05) is 17.0 Å². The lowest BCUT2D eigenvalue weighted by molar-refractivity contribution is -0.0881. The molecule has 0 radical (unpaired) electrons. The molecule has 1 spiro atoms. The number of amides is 1. The molecule has 2 aromatic rings. The summed E-state index contributed by atoms with van der Waals surface area (Å²) in [6, 6.07) is 10.4. The van der Waals surface area contributed by atoms with Crippen molar-refractivity contribution in [2.75, 3.05) is 31.1 Å². The second kappa shape index (κ2) is 5.36. The number of carbonyl (C=O) groups is 1. The molecule has 0 saturated carbocycles. The maximum Gasteiger partial charge on any atom is 0.415 e. The number of carbonyl (C=O) groups excluding carboxylic acids is 1. The van der Waals surface area contributed by atoms with Crippen molar-refractivity contribution >= 4 is 44.9 Å². The first-order valence-electron chi connectivity index (χ1n) is 7.95. The fraction of sp³-hybridized carbons (Fsp3) is 0.471. The van der Waals surface area contributed by atoms with E-state index in [2.05, 4.69) is 23.1 Å². The second-order valence-corrected chi connectivity index (χ2v) is 7.75. The van der Waals surface area contributed by atoms with Gasteiger partial charge < -0.3 is 4.74 Å². The van der Waals surface area contributed by atoms with Gasteiger partial charge in [0.1, 0.15) is 10.6 Å². The quantitative estimate of drug-likeness (QED) is 0.785. The highest BCUT2D eigenvalue weighted by molar-refractivity contribution is 7.23. The molecule has 0 unspecified atom stereocenters. The lowest BCUT2D eigenvalue weighted by Gasteiger charge is -2.49. The topological polar surface area (TPSA) is 32.8 Å². The molecule has 4 aliphatic heterocycles. The zero-order valence-electron chi connectivity index (χ0n) is 12.7. The summed E-state index contributed by atoms with van der Waals surface area (Å²) in [6.45, 7) is 3.93. The van der Waals surface area contributed by atoms with Gasteiger partial charge in [-0.25, -0.2) is 4.79 Å². The third kappa shape index (κ3) is 2.25. The van der Waals surface area contributed by atoms with Crippen molar-refractivity contribution in [1.29, 1.82) is 0 Å². The van der Waals surface area contributed by atoms with Crippen LogP contribution in [0, 0.1) is 5.92 Å². The average Bonchev–Trinajstić information content (AvgIpc) is 3.09. The first kappa shape index (κ1) is 15.2. The Morgan fingerprint density at radius 1 is 1.17 bits per heavy atom. The Balaban J connectivity index is 0.00000135. The summed E-state index contributed by atoms with van der Waals surface area (Å²) < 4.78 is 7.16. The van der Waals surface area contributed by atoms with Crippen LogP contribution in [-0.4, -0.2) is 42.8 Å². The molecule has 23 heavy (non-hydrogen) atoms. The van der Waals surface area contributed by atoms with Gasteiger partial charge in [0.15, 0.2) is 0 Å². The van der Waals surface area contributed by atoms with Crippen LogP contribution in [0.3, 0.4) is 0 Å². The van der Waals surface area contributed by atoms with E-state index in [4.69, 9.17) is 4.74 Å². The number of hydrogen-bond donors (Lipinski definition) is 0. The molecular formula is C17H19ClN2O2S. The van der Waals surface area contributed by atoms with Crippen molar-refractivity contribution in [3.8, 4) is 0 Å². The minimum atomic E-state index is -0.274. The highest BCUT2D eigenvalue weighted by Gasteiger charge is 2.55. The Bertz CT molecular complexity index is 723. The summed E-state index contributed by atoms with van der Waals surface area (Å²) in [6.07, 6.45) is 2.15. The normalized spacial score (nSPS) is 32.3. The molecule has 4 fully saturated rings. The SMILES string of the molecule is Cl.O=C1O[C@]2(CN3CCC2CC3)CN1c1cc2ccccc2s1. The van der Waals surface area contributed by atoms with E-state index in [9.17, 15) is 4.79 Å². The number of nitrogens with zero attached hydrogens (tertiary/aromatic N) is 2. The number of ether oxygens (including phenoxy) is 1. The molecule has 1 atom stereocenters. The van der Waals surface area contributed by atoms with E-state index in [0.717, 1.165) is 37.5 Å². The first-order valence-corrected chi connectivity index (χ1v) is 8.77. The Kier molecular flexibility index (Phi) is 3.55. The molecular weight excluding hydrogens is 332 g/mol. The van der Waals surface area contributed by atoms with Gasteiger partial charge in [-0.2, -0.15) is 0 Å². The summed E-state index contributed by atoms with van der Waals surface area (Å²) in [7, 11) is 0. The number of benzene rings is 1. The van der Waals surface area contributed by atoms with E-state index < -0.39 is 0 Å². The number of rotatable bonds is 1. The van der Waals surface area contributed by atoms with Crippen molar-refractivity contribution in [2.24, 2.45) is 5.92 Å². The zero-order chi connectivity index (χ0) is 14.7. The Labute approximate surface area is 145 Å². The van der Waals surface area contributed by atoms with Crippen molar-refractivity contribution < 1.29 is 9.53 Å². The summed E-state index contributed by atoms with van der Waals surface area (Å²) in [4.78, 5) is 16.8. The van der Waals surface area contributed by atoms with Crippen LogP contribution >= 0.6 is 23.7 Å². The summed E-state index contributed by atoms with van der Waals surface area (Å²) in [5.41, 5.74) is -0.274. The highest BCUT2D eigenvalue weighted by Crippen LogP contribution is 2.45. The number of thiophene rings is 1. The third-order valence-electron chi connectivity index (χ3n) is 5.44. The lowest BCUT2D eigenvalue weighted by atomic mass is 9.75. The minimum absolute atomic E-state index is 0. The van der Waals surface area contributed by atoms with Gasteiger partial charge in [-0.05, 0) is 43.5 Å². The van der Waals surface area contributed by atoms with E-state index in [-0.39, 0.29) is 24.1 Å². The summed E-state index contributed by atoms with van der Waals surface area (Å²) in [5.74, 6) is 0.529. The van der Waals surface area contributed by atoms with Gasteiger partial charge in [0, 0.05) is 17.2 Å². The molecule has 0 N–H and O–H groups in total. The molecule has 6 heteroatoms. The molecule has 1 aromatic carbocycles. The van der Waals surface area contributed by atoms with E-state index in [1.165, 1.54) is 10.1 Å². The number of fused-ring (bicyclic) bond motifs is 3. The Morgan fingerprint density at radius 2 is 1.96 bits per heavy atom. The van der Waals surface area contributed by atoms with Gasteiger partial charge in [0.25, 0.3) is 0 Å². The minimum Gasteiger partial charge on any atom is -0.439 e. The number of hydrogen-bond acceptors (Lipinski definition) is 4. The van der Waals surface area contributed by atoms with Gasteiger partial charge in [0.05, 0.1) is 6.54 Å². The molecule has 1 amide bonds. The zero-order valence-corrected chi connectivity index (χ0v) is 14.4. The first-order chi connectivity index (χ1) is 10.7. The highest BCUT2D eigenvalue weighted by atomic mass is 35.5. The molecule has 4 saturated heterocycles. The average molecular weight is 351 g/mol. The van der Waals surface area contributed by atoms with Gasteiger partial charge in [-0.1, -0.05) is 18.2 Å². The molecule has 5 heterocycles. The van der Waals surface area contributed by atoms with Crippen LogP contribution in [0.4, 0.5) is 9.80 Å². The third-order valence-corrected chi connectivity index (χ3v) is 6.58. The molecule has 1 aromatic heterocycles. The van der Waals surface area contributed by atoms with Crippen LogP contribution in [0.15, 0.2) is 30.3 Å². The second-order valence-electron chi connectivity index (χ2n) is 6.69. The van der Waals surface area contributed by atoms with Crippen LogP contribution in [0.5, 0.6) is 0 Å². The van der Waals surface area contributed by atoms with Crippen molar-refractivity contribution in [1.82, 2.24) is 4.90 Å². The van der Waals surface area contributed by atoms with E-state index in [1.54, 1.807) is 11.3 Å². The van der Waals surface area contributed by atoms with Crippen molar-refractivity contribution in [3.63, 3.8) is 0 Å².